The molecule has 1 aliphatic rings. The van der Waals surface area contributed by atoms with E-state index in [1.807, 2.05) is 0 Å². The lowest BCUT2D eigenvalue weighted by molar-refractivity contribution is -0.116. The molecule has 0 bridgehead atoms. The molecular formula is C12H27N3O2. The van der Waals surface area contributed by atoms with Gasteiger partial charge in [-0.2, -0.15) is 0 Å². The highest BCUT2D eigenvalue weighted by Crippen LogP contribution is 2.12. The molecule has 2 N–H and O–H groups in total. The fraction of sp³-hybridized carbons (Fsp3) is 1.00. The number of rotatable bonds is 6. The Morgan fingerprint density at radius 3 is 2.41 bits per heavy atom. The van der Waals surface area contributed by atoms with E-state index in [1.165, 1.54) is 13.0 Å². The maximum Gasteiger partial charge on any atom is 0.158 e. The van der Waals surface area contributed by atoms with E-state index in [1.54, 1.807) is 14.2 Å². The van der Waals surface area contributed by atoms with E-state index < -0.39 is 0 Å². The monoisotopic (exact) mass is 245 g/mol. The van der Waals surface area contributed by atoms with Crippen LogP contribution in [0.5, 0.6) is 0 Å². The van der Waals surface area contributed by atoms with Crippen LogP contribution in [0, 0.1) is 0 Å². The Kier molecular flexibility index (Phi) is 6.99. The Morgan fingerprint density at radius 1 is 1.12 bits per heavy atom. The van der Waals surface area contributed by atoms with Crippen LogP contribution < -0.4 is 5.73 Å². The number of nitrogens with zero attached hydrogens (tertiary/aromatic N) is 2. The molecule has 0 aliphatic carbocycles. The van der Waals surface area contributed by atoms with Gasteiger partial charge in [-0.3, -0.25) is 4.90 Å². The van der Waals surface area contributed by atoms with Crippen molar-refractivity contribution >= 4 is 0 Å². The van der Waals surface area contributed by atoms with Crippen LogP contribution in [-0.2, 0) is 9.47 Å². The third-order valence-corrected chi connectivity index (χ3v) is 3.53. The van der Waals surface area contributed by atoms with Gasteiger partial charge in [0, 0.05) is 46.3 Å². The molecule has 5 heteroatoms. The molecule has 0 aromatic carbocycles. The summed E-state index contributed by atoms with van der Waals surface area (Å²) in [6.07, 6.45) is 1.90. The van der Waals surface area contributed by atoms with Crippen LogP contribution in [0.4, 0.5) is 0 Å². The lowest BCUT2D eigenvalue weighted by Crippen LogP contribution is -2.44. The largest absolute Gasteiger partial charge is 0.356 e. The molecular weight excluding hydrogens is 218 g/mol. The summed E-state index contributed by atoms with van der Waals surface area (Å²) in [5, 5.41) is 0. The molecule has 0 spiro atoms. The first kappa shape index (κ1) is 14.9. The predicted octanol–water partition coefficient (Wildman–Crippen LogP) is -0.0398. The van der Waals surface area contributed by atoms with E-state index in [4.69, 9.17) is 15.2 Å². The lowest BCUT2D eigenvalue weighted by atomic mass is 10.1. The zero-order valence-electron chi connectivity index (χ0n) is 11.4. The molecule has 0 aromatic rings. The van der Waals surface area contributed by atoms with Crippen LogP contribution in [-0.4, -0.2) is 76.1 Å². The SMILES string of the molecule is COC(CC(CN)N1CCCN(C)CC1)OC. The molecule has 102 valence electrons. The Hall–Kier alpha value is -0.200. The molecule has 0 radical (unpaired) electrons. The average molecular weight is 245 g/mol. The van der Waals surface area contributed by atoms with Crippen molar-refractivity contribution in [2.24, 2.45) is 5.73 Å². The van der Waals surface area contributed by atoms with Crippen molar-refractivity contribution in [3.63, 3.8) is 0 Å². The zero-order valence-corrected chi connectivity index (χ0v) is 11.4. The van der Waals surface area contributed by atoms with Crippen LogP contribution in [0.25, 0.3) is 0 Å². The van der Waals surface area contributed by atoms with E-state index in [9.17, 15) is 0 Å². The first-order valence-corrected chi connectivity index (χ1v) is 6.39. The summed E-state index contributed by atoms with van der Waals surface area (Å²) in [7, 11) is 5.53. The van der Waals surface area contributed by atoms with Gasteiger partial charge in [-0.1, -0.05) is 0 Å². The standard InChI is InChI=1S/C12H27N3O2/c1-14-5-4-6-15(8-7-14)11(10-13)9-12(16-2)17-3/h11-12H,4-10,13H2,1-3H3. The summed E-state index contributed by atoms with van der Waals surface area (Å²) in [5.41, 5.74) is 5.88. The first-order valence-electron chi connectivity index (χ1n) is 6.39. The van der Waals surface area contributed by atoms with Crippen LogP contribution in [0.15, 0.2) is 0 Å². The number of hydrogen-bond acceptors (Lipinski definition) is 5. The van der Waals surface area contributed by atoms with Crippen molar-refractivity contribution in [2.45, 2.75) is 25.2 Å². The van der Waals surface area contributed by atoms with Crippen molar-refractivity contribution in [3.8, 4) is 0 Å². The van der Waals surface area contributed by atoms with Crippen molar-refractivity contribution < 1.29 is 9.47 Å². The fourth-order valence-corrected chi connectivity index (χ4v) is 2.34. The summed E-state index contributed by atoms with van der Waals surface area (Å²) in [6.45, 7) is 5.14. The maximum atomic E-state index is 5.88. The van der Waals surface area contributed by atoms with Gasteiger partial charge in [-0.05, 0) is 26.6 Å². The molecule has 1 atom stereocenters. The summed E-state index contributed by atoms with van der Waals surface area (Å²) in [6, 6.07) is 0.353. The lowest BCUT2D eigenvalue weighted by Gasteiger charge is -2.31. The van der Waals surface area contributed by atoms with E-state index in [-0.39, 0.29) is 6.29 Å². The maximum absolute atomic E-state index is 5.88. The highest BCUT2D eigenvalue weighted by Gasteiger charge is 2.23. The summed E-state index contributed by atoms with van der Waals surface area (Å²) < 4.78 is 10.5. The van der Waals surface area contributed by atoms with Crippen LogP contribution in [0.2, 0.25) is 0 Å². The van der Waals surface area contributed by atoms with Crippen LogP contribution in [0.3, 0.4) is 0 Å². The second-order valence-corrected chi connectivity index (χ2v) is 4.72. The highest BCUT2D eigenvalue weighted by atomic mass is 16.7. The number of ether oxygens (including phenoxy) is 2. The fourth-order valence-electron chi connectivity index (χ4n) is 2.34. The second-order valence-electron chi connectivity index (χ2n) is 4.72. The van der Waals surface area contributed by atoms with E-state index in [0.29, 0.717) is 12.6 Å². The molecule has 1 saturated heterocycles. The Morgan fingerprint density at radius 2 is 1.82 bits per heavy atom. The van der Waals surface area contributed by atoms with E-state index in [0.717, 1.165) is 26.1 Å². The molecule has 0 aromatic heterocycles. The highest BCUT2D eigenvalue weighted by molar-refractivity contribution is 4.77. The van der Waals surface area contributed by atoms with Gasteiger partial charge in [0.1, 0.15) is 0 Å². The summed E-state index contributed by atoms with van der Waals surface area (Å²) >= 11 is 0. The molecule has 0 amide bonds. The molecule has 1 aliphatic heterocycles. The molecule has 1 heterocycles. The number of nitrogens with two attached hydrogens (primary N) is 1. The zero-order chi connectivity index (χ0) is 12.7. The first-order chi connectivity index (χ1) is 8.21. The second kappa shape index (κ2) is 8.00. The van der Waals surface area contributed by atoms with Crippen LogP contribution in [0.1, 0.15) is 12.8 Å². The van der Waals surface area contributed by atoms with Crippen molar-refractivity contribution in [1.82, 2.24) is 9.80 Å². The van der Waals surface area contributed by atoms with Gasteiger partial charge in [-0.25, -0.2) is 0 Å². The van der Waals surface area contributed by atoms with Gasteiger partial charge in [0.15, 0.2) is 6.29 Å². The van der Waals surface area contributed by atoms with Gasteiger partial charge >= 0.3 is 0 Å². The van der Waals surface area contributed by atoms with Gasteiger partial charge < -0.3 is 20.1 Å². The topological polar surface area (TPSA) is 51.0 Å². The smallest absolute Gasteiger partial charge is 0.158 e. The van der Waals surface area contributed by atoms with Crippen molar-refractivity contribution in [1.29, 1.82) is 0 Å². The average Bonchev–Trinajstić information content (AvgIpc) is 2.56. The molecule has 0 saturated carbocycles. The van der Waals surface area contributed by atoms with E-state index >= 15 is 0 Å². The molecule has 5 nitrogen and oxygen atoms in total. The number of hydrogen-bond donors (Lipinski definition) is 1. The Labute approximate surface area is 105 Å². The van der Waals surface area contributed by atoms with Gasteiger partial charge in [0.05, 0.1) is 0 Å². The number of methoxy groups -OCH3 is 2. The third-order valence-electron chi connectivity index (χ3n) is 3.53. The summed E-state index contributed by atoms with van der Waals surface area (Å²) in [5.74, 6) is 0. The summed E-state index contributed by atoms with van der Waals surface area (Å²) in [4.78, 5) is 4.84. The molecule has 1 unspecified atom stereocenters. The molecule has 17 heavy (non-hydrogen) atoms. The van der Waals surface area contributed by atoms with Gasteiger partial charge in [0.25, 0.3) is 0 Å². The van der Waals surface area contributed by atoms with Gasteiger partial charge in [0.2, 0.25) is 0 Å². The van der Waals surface area contributed by atoms with Gasteiger partial charge in [-0.15, -0.1) is 0 Å². The molecule has 1 rings (SSSR count). The van der Waals surface area contributed by atoms with Crippen molar-refractivity contribution in [2.75, 3.05) is 54.0 Å². The van der Waals surface area contributed by atoms with Crippen LogP contribution >= 0.6 is 0 Å². The minimum atomic E-state index is -0.149. The minimum absolute atomic E-state index is 0.149. The third kappa shape index (κ3) is 4.89. The predicted molar refractivity (Wildman–Crippen MR) is 69.0 cm³/mol. The Bertz CT molecular complexity index is 200. The van der Waals surface area contributed by atoms with E-state index in [2.05, 4.69) is 16.8 Å². The minimum Gasteiger partial charge on any atom is -0.356 e. The molecule has 1 fully saturated rings. The normalized spacial score (nSPS) is 21.7. The quantitative estimate of drug-likeness (QED) is 0.666. The Balaban J connectivity index is 2.47. The van der Waals surface area contributed by atoms with Crippen molar-refractivity contribution in [3.05, 3.63) is 0 Å². The number of likely N-dealkylation sites (N-methyl/N-ethyl adjacent to an activating group) is 1.